The highest BCUT2D eigenvalue weighted by molar-refractivity contribution is 7.86. The molecule has 1 atom stereocenters. The minimum Gasteiger partial charge on any atom is -0.311 e. The van der Waals surface area contributed by atoms with E-state index in [-0.39, 0.29) is 17.5 Å². The molecule has 0 saturated heterocycles. The van der Waals surface area contributed by atoms with Crippen LogP contribution in [0.4, 0.5) is 0 Å². The highest BCUT2D eigenvalue weighted by atomic mass is 32.2. The second-order valence-electron chi connectivity index (χ2n) is 4.80. The van der Waals surface area contributed by atoms with Gasteiger partial charge in [-0.15, -0.1) is 0 Å². The van der Waals surface area contributed by atoms with E-state index in [0.717, 1.165) is 11.1 Å². The molecule has 1 N–H and O–H groups in total. The fraction of sp³-hybridized carbons (Fsp3) is 0.250. The SMILES string of the molecule is CN[C@@H](COS(=O)(=O)c1ccc(C)cc1)c1ccccc1. The van der Waals surface area contributed by atoms with Crippen molar-refractivity contribution in [3.8, 4) is 0 Å². The Morgan fingerprint density at radius 1 is 1.05 bits per heavy atom. The van der Waals surface area contributed by atoms with Gasteiger partial charge in [0.2, 0.25) is 0 Å². The summed E-state index contributed by atoms with van der Waals surface area (Å²) in [5.41, 5.74) is 1.99. The molecule has 112 valence electrons. The maximum Gasteiger partial charge on any atom is 0.297 e. The van der Waals surface area contributed by atoms with Crippen LogP contribution in [0.3, 0.4) is 0 Å². The van der Waals surface area contributed by atoms with E-state index in [0.29, 0.717) is 0 Å². The fourth-order valence-electron chi connectivity index (χ4n) is 1.96. The van der Waals surface area contributed by atoms with E-state index < -0.39 is 10.1 Å². The average Bonchev–Trinajstić information content (AvgIpc) is 2.49. The second-order valence-corrected chi connectivity index (χ2v) is 6.42. The Balaban J connectivity index is 2.08. The van der Waals surface area contributed by atoms with Gasteiger partial charge in [0.15, 0.2) is 0 Å². The lowest BCUT2D eigenvalue weighted by Crippen LogP contribution is -2.23. The number of rotatable bonds is 6. The first-order valence-electron chi connectivity index (χ1n) is 6.71. The highest BCUT2D eigenvalue weighted by Crippen LogP contribution is 2.17. The van der Waals surface area contributed by atoms with Crippen LogP contribution >= 0.6 is 0 Å². The predicted molar refractivity (Wildman–Crippen MR) is 82.6 cm³/mol. The van der Waals surface area contributed by atoms with Crippen LogP contribution in [0.2, 0.25) is 0 Å². The monoisotopic (exact) mass is 305 g/mol. The standard InChI is InChI=1S/C16H19NO3S/c1-13-8-10-15(11-9-13)21(18,19)20-12-16(17-2)14-6-4-3-5-7-14/h3-11,16-17H,12H2,1-2H3/t16-/m0/s1. The van der Waals surface area contributed by atoms with Crippen molar-refractivity contribution in [3.05, 3.63) is 65.7 Å². The highest BCUT2D eigenvalue weighted by Gasteiger charge is 2.18. The Labute approximate surface area is 125 Å². The zero-order valence-corrected chi connectivity index (χ0v) is 12.9. The molecule has 21 heavy (non-hydrogen) atoms. The van der Waals surface area contributed by atoms with Crippen LogP contribution in [0.15, 0.2) is 59.5 Å². The van der Waals surface area contributed by atoms with E-state index in [1.54, 1.807) is 31.3 Å². The van der Waals surface area contributed by atoms with E-state index in [1.807, 2.05) is 37.3 Å². The number of hydrogen-bond donors (Lipinski definition) is 1. The molecule has 0 saturated carbocycles. The van der Waals surface area contributed by atoms with E-state index in [9.17, 15) is 8.42 Å². The molecule has 0 radical (unpaired) electrons. The number of benzene rings is 2. The lowest BCUT2D eigenvalue weighted by molar-refractivity contribution is 0.277. The van der Waals surface area contributed by atoms with Crippen molar-refractivity contribution in [2.45, 2.75) is 17.9 Å². The normalized spacial score (nSPS) is 13.0. The van der Waals surface area contributed by atoms with Gasteiger partial charge in [0.05, 0.1) is 17.5 Å². The van der Waals surface area contributed by atoms with Crippen molar-refractivity contribution in [1.82, 2.24) is 5.32 Å². The molecule has 5 heteroatoms. The Hall–Kier alpha value is -1.69. The van der Waals surface area contributed by atoms with Crippen molar-refractivity contribution >= 4 is 10.1 Å². The Bertz CT molecular complexity index is 666. The van der Waals surface area contributed by atoms with Crippen LogP contribution in [0.5, 0.6) is 0 Å². The van der Waals surface area contributed by atoms with Gasteiger partial charge in [-0.1, -0.05) is 48.0 Å². The summed E-state index contributed by atoms with van der Waals surface area (Å²) in [6, 6.07) is 16.1. The van der Waals surface area contributed by atoms with Crippen LogP contribution in [0.25, 0.3) is 0 Å². The molecular formula is C16H19NO3S. The van der Waals surface area contributed by atoms with Crippen molar-refractivity contribution in [2.75, 3.05) is 13.7 Å². The van der Waals surface area contributed by atoms with E-state index in [1.165, 1.54) is 0 Å². The Morgan fingerprint density at radius 2 is 1.67 bits per heavy atom. The van der Waals surface area contributed by atoms with Crippen molar-refractivity contribution in [3.63, 3.8) is 0 Å². The van der Waals surface area contributed by atoms with Gasteiger partial charge >= 0.3 is 0 Å². The van der Waals surface area contributed by atoms with Crippen molar-refractivity contribution in [2.24, 2.45) is 0 Å². The van der Waals surface area contributed by atoms with Crippen molar-refractivity contribution < 1.29 is 12.6 Å². The molecule has 0 aliphatic carbocycles. The largest absolute Gasteiger partial charge is 0.311 e. The average molecular weight is 305 g/mol. The number of aryl methyl sites for hydroxylation is 1. The zero-order chi connectivity index (χ0) is 15.3. The molecule has 0 aromatic heterocycles. The topological polar surface area (TPSA) is 55.4 Å². The fourth-order valence-corrected chi connectivity index (χ4v) is 2.88. The maximum atomic E-state index is 12.1. The van der Waals surface area contributed by atoms with Crippen LogP contribution < -0.4 is 5.32 Å². The van der Waals surface area contributed by atoms with E-state index in [2.05, 4.69) is 5.32 Å². The van der Waals surface area contributed by atoms with Gasteiger partial charge in [0.1, 0.15) is 0 Å². The van der Waals surface area contributed by atoms with Crippen LogP contribution in [0.1, 0.15) is 17.2 Å². The van der Waals surface area contributed by atoms with Crippen LogP contribution in [0, 0.1) is 6.92 Å². The molecule has 0 bridgehead atoms. The molecule has 0 amide bonds. The Morgan fingerprint density at radius 3 is 2.24 bits per heavy atom. The molecule has 0 fully saturated rings. The lowest BCUT2D eigenvalue weighted by Gasteiger charge is -2.16. The number of hydrogen-bond acceptors (Lipinski definition) is 4. The predicted octanol–water partition coefficient (Wildman–Crippen LogP) is 2.66. The molecule has 0 aliphatic rings. The summed E-state index contributed by atoms with van der Waals surface area (Å²) in [4.78, 5) is 0.177. The quantitative estimate of drug-likeness (QED) is 0.834. The van der Waals surface area contributed by atoms with Crippen molar-refractivity contribution in [1.29, 1.82) is 0 Å². The third-order valence-electron chi connectivity index (χ3n) is 3.25. The van der Waals surface area contributed by atoms with E-state index in [4.69, 9.17) is 4.18 Å². The minimum atomic E-state index is -3.73. The Kier molecular flexibility index (Phi) is 5.12. The number of likely N-dealkylation sites (N-methyl/N-ethyl adjacent to an activating group) is 1. The van der Waals surface area contributed by atoms with Gasteiger partial charge in [-0.05, 0) is 31.7 Å². The summed E-state index contributed by atoms with van der Waals surface area (Å²) < 4.78 is 29.5. The minimum absolute atomic E-state index is 0.0523. The molecule has 0 spiro atoms. The smallest absolute Gasteiger partial charge is 0.297 e. The van der Waals surface area contributed by atoms with Gasteiger partial charge in [-0.3, -0.25) is 4.18 Å². The molecule has 2 rings (SSSR count). The first-order chi connectivity index (χ1) is 10.0. The molecule has 0 unspecified atom stereocenters. The molecular weight excluding hydrogens is 286 g/mol. The van der Waals surface area contributed by atoms with E-state index >= 15 is 0 Å². The number of nitrogens with one attached hydrogen (secondary N) is 1. The van der Waals surface area contributed by atoms with Gasteiger partial charge in [-0.2, -0.15) is 8.42 Å². The van der Waals surface area contributed by atoms with Gasteiger partial charge in [0, 0.05) is 0 Å². The van der Waals surface area contributed by atoms with Crippen LogP contribution in [-0.4, -0.2) is 22.1 Å². The first-order valence-corrected chi connectivity index (χ1v) is 8.12. The summed E-state index contributed by atoms with van der Waals surface area (Å²) in [6.45, 7) is 1.96. The second kappa shape index (κ2) is 6.85. The summed E-state index contributed by atoms with van der Waals surface area (Å²) in [5.74, 6) is 0. The lowest BCUT2D eigenvalue weighted by atomic mass is 10.1. The molecule has 0 heterocycles. The summed E-state index contributed by atoms with van der Waals surface area (Å²) >= 11 is 0. The van der Waals surface area contributed by atoms with Gasteiger partial charge < -0.3 is 5.32 Å². The van der Waals surface area contributed by atoms with Gasteiger partial charge in [0.25, 0.3) is 10.1 Å². The molecule has 2 aromatic rings. The van der Waals surface area contributed by atoms with Gasteiger partial charge in [-0.25, -0.2) is 0 Å². The summed E-state index contributed by atoms with van der Waals surface area (Å²) in [6.07, 6.45) is 0. The van der Waals surface area contributed by atoms with Crippen LogP contribution in [-0.2, 0) is 14.3 Å². The molecule has 4 nitrogen and oxygen atoms in total. The zero-order valence-electron chi connectivity index (χ0n) is 12.1. The first kappa shape index (κ1) is 15.7. The summed E-state index contributed by atoms with van der Waals surface area (Å²) in [7, 11) is -1.95. The maximum absolute atomic E-state index is 12.1. The third kappa shape index (κ3) is 4.14. The summed E-state index contributed by atoms with van der Waals surface area (Å²) in [5, 5.41) is 3.06. The molecule has 0 aliphatic heterocycles. The third-order valence-corrected chi connectivity index (χ3v) is 4.55. The molecule has 2 aromatic carbocycles.